The molecule has 0 saturated heterocycles. The van der Waals surface area contributed by atoms with Crippen LogP contribution in [0.25, 0.3) is 10.9 Å². The fourth-order valence-electron chi connectivity index (χ4n) is 2.37. The van der Waals surface area contributed by atoms with Crippen molar-refractivity contribution < 1.29 is 17.6 Å². The van der Waals surface area contributed by atoms with E-state index in [1.807, 2.05) is 0 Å². The van der Waals surface area contributed by atoms with Gasteiger partial charge >= 0.3 is 0 Å². The molecule has 5 nitrogen and oxygen atoms in total. The zero-order chi connectivity index (χ0) is 15.0. The SMILES string of the molecule is O=C(Cn1ccc2ccc(F)cc21)N[C@H]1C=CS(=O)(=O)C1. The van der Waals surface area contributed by atoms with Gasteiger partial charge in [0.2, 0.25) is 5.91 Å². The highest BCUT2D eigenvalue weighted by Crippen LogP contribution is 2.17. The summed E-state index contributed by atoms with van der Waals surface area (Å²) in [5.74, 6) is -0.795. The molecule has 0 radical (unpaired) electrons. The molecular formula is C14H13FN2O3S. The number of carbonyl (C=O) groups excluding carboxylic acids is 1. The van der Waals surface area contributed by atoms with Gasteiger partial charge in [-0.05, 0) is 35.7 Å². The number of carbonyl (C=O) groups is 1. The maximum Gasteiger partial charge on any atom is 0.240 e. The van der Waals surface area contributed by atoms with E-state index in [1.54, 1.807) is 22.9 Å². The Morgan fingerprint density at radius 2 is 2.19 bits per heavy atom. The number of fused-ring (bicyclic) bond motifs is 1. The number of hydrogen-bond acceptors (Lipinski definition) is 3. The Bertz CT molecular complexity index is 839. The molecule has 1 N–H and O–H groups in total. The number of aromatic nitrogens is 1. The fourth-order valence-corrected chi connectivity index (χ4v) is 3.60. The lowest BCUT2D eigenvalue weighted by atomic mass is 10.2. The molecule has 0 unspecified atom stereocenters. The zero-order valence-corrected chi connectivity index (χ0v) is 11.8. The molecule has 1 aromatic heterocycles. The molecule has 1 aromatic carbocycles. The lowest BCUT2D eigenvalue weighted by Crippen LogP contribution is -2.37. The average Bonchev–Trinajstić information content (AvgIpc) is 2.93. The van der Waals surface area contributed by atoms with Gasteiger partial charge in [0.1, 0.15) is 12.4 Å². The number of halogens is 1. The summed E-state index contributed by atoms with van der Waals surface area (Å²) < 4.78 is 37.4. The summed E-state index contributed by atoms with van der Waals surface area (Å²) >= 11 is 0. The number of nitrogens with one attached hydrogen (secondary N) is 1. The maximum absolute atomic E-state index is 13.3. The van der Waals surface area contributed by atoms with Crippen LogP contribution in [0.5, 0.6) is 0 Å². The van der Waals surface area contributed by atoms with Gasteiger partial charge in [-0.15, -0.1) is 0 Å². The molecular weight excluding hydrogens is 295 g/mol. The Hall–Kier alpha value is -2.15. The fraction of sp³-hybridized carbons (Fsp3) is 0.214. The number of sulfone groups is 1. The van der Waals surface area contributed by atoms with Gasteiger partial charge in [0, 0.05) is 11.6 Å². The van der Waals surface area contributed by atoms with Crippen LogP contribution in [0, 0.1) is 5.82 Å². The van der Waals surface area contributed by atoms with Crippen LogP contribution in [-0.4, -0.2) is 30.7 Å². The zero-order valence-electron chi connectivity index (χ0n) is 11.0. The molecule has 0 saturated carbocycles. The van der Waals surface area contributed by atoms with Crippen molar-refractivity contribution in [3.63, 3.8) is 0 Å². The first-order valence-corrected chi connectivity index (χ1v) is 8.09. The summed E-state index contributed by atoms with van der Waals surface area (Å²) in [4.78, 5) is 12.0. The Morgan fingerprint density at radius 3 is 2.90 bits per heavy atom. The van der Waals surface area contributed by atoms with Crippen LogP contribution in [0.3, 0.4) is 0 Å². The van der Waals surface area contributed by atoms with Crippen LogP contribution in [0.2, 0.25) is 0 Å². The Kier molecular flexibility index (Phi) is 3.29. The first-order valence-electron chi connectivity index (χ1n) is 6.38. The molecule has 1 aliphatic rings. The van der Waals surface area contributed by atoms with Crippen LogP contribution in [0.4, 0.5) is 4.39 Å². The van der Waals surface area contributed by atoms with Gasteiger partial charge in [-0.3, -0.25) is 4.79 Å². The molecule has 110 valence electrons. The minimum Gasteiger partial charge on any atom is -0.347 e. The van der Waals surface area contributed by atoms with E-state index in [2.05, 4.69) is 5.32 Å². The molecule has 3 rings (SSSR count). The van der Waals surface area contributed by atoms with Gasteiger partial charge in [0.05, 0.1) is 17.3 Å². The lowest BCUT2D eigenvalue weighted by molar-refractivity contribution is -0.121. The Labute approximate surface area is 121 Å². The number of benzene rings is 1. The predicted octanol–water partition coefficient (Wildman–Crippen LogP) is 1.21. The molecule has 7 heteroatoms. The van der Waals surface area contributed by atoms with Crippen LogP contribution in [0.1, 0.15) is 0 Å². The first kappa shape index (κ1) is 13.8. The third-order valence-electron chi connectivity index (χ3n) is 3.33. The monoisotopic (exact) mass is 308 g/mol. The normalized spacial score (nSPS) is 20.0. The molecule has 2 aromatic rings. The number of amides is 1. The summed E-state index contributed by atoms with van der Waals surface area (Å²) in [5.41, 5.74) is 0.625. The van der Waals surface area contributed by atoms with E-state index in [1.165, 1.54) is 18.2 Å². The molecule has 1 amide bonds. The first-order chi connectivity index (χ1) is 9.93. The van der Waals surface area contributed by atoms with E-state index in [9.17, 15) is 17.6 Å². The largest absolute Gasteiger partial charge is 0.347 e. The van der Waals surface area contributed by atoms with Crippen LogP contribution in [0.15, 0.2) is 41.9 Å². The summed E-state index contributed by atoms with van der Waals surface area (Å²) in [6.07, 6.45) is 3.16. The van der Waals surface area contributed by atoms with Gasteiger partial charge in [0.15, 0.2) is 9.84 Å². The predicted molar refractivity (Wildman–Crippen MR) is 76.8 cm³/mol. The van der Waals surface area contributed by atoms with Crippen molar-refractivity contribution in [2.24, 2.45) is 0 Å². The van der Waals surface area contributed by atoms with Gasteiger partial charge in [-0.25, -0.2) is 12.8 Å². The third-order valence-corrected chi connectivity index (χ3v) is 4.72. The van der Waals surface area contributed by atoms with Crippen molar-refractivity contribution in [2.45, 2.75) is 12.6 Å². The Balaban J connectivity index is 1.72. The van der Waals surface area contributed by atoms with Crippen LogP contribution in [-0.2, 0) is 21.2 Å². The minimum absolute atomic E-state index is 0.0113. The van der Waals surface area contributed by atoms with Gasteiger partial charge in [-0.1, -0.05) is 0 Å². The van der Waals surface area contributed by atoms with E-state index in [0.717, 1.165) is 10.8 Å². The van der Waals surface area contributed by atoms with Gasteiger partial charge < -0.3 is 9.88 Å². The minimum atomic E-state index is -3.20. The van der Waals surface area contributed by atoms with Crippen LogP contribution >= 0.6 is 0 Å². The molecule has 21 heavy (non-hydrogen) atoms. The molecule has 1 atom stereocenters. The molecule has 1 aliphatic heterocycles. The second-order valence-corrected chi connectivity index (χ2v) is 6.91. The number of rotatable bonds is 3. The summed E-state index contributed by atoms with van der Waals surface area (Å²) in [6, 6.07) is 5.66. The van der Waals surface area contributed by atoms with Crippen molar-refractivity contribution in [1.82, 2.24) is 9.88 Å². The molecule has 2 heterocycles. The summed E-state index contributed by atoms with van der Waals surface area (Å²) in [5, 5.41) is 4.58. The molecule has 0 bridgehead atoms. The highest BCUT2D eigenvalue weighted by Gasteiger charge is 2.23. The molecule has 0 aliphatic carbocycles. The van der Waals surface area contributed by atoms with E-state index in [4.69, 9.17) is 0 Å². The van der Waals surface area contributed by atoms with Gasteiger partial charge in [0.25, 0.3) is 0 Å². The quantitative estimate of drug-likeness (QED) is 0.926. The summed E-state index contributed by atoms with van der Waals surface area (Å²) in [6.45, 7) is 0.0113. The lowest BCUT2D eigenvalue weighted by Gasteiger charge is -2.11. The maximum atomic E-state index is 13.3. The second kappa shape index (κ2) is 5.00. The van der Waals surface area contributed by atoms with E-state index < -0.39 is 15.9 Å². The van der Waals surface area contributed by atoms with Gasteiger partial charge in [-0.2, -0.15) is 0 Å². The molecule has 0 spiro atoms. The highest BCUT2D eigenvalue weighted by molar-refractivity contribution is 7.94. The highest BCUT2D eigenvalue weighted by atomic mass is 32.2. The van der Waals surface area contributed by atoms with E-state index in [-0.39, 0.29) is 24.0 Å². The topological polar surface area (TPSA) is 68.2 Å². The van der Waals surface area contributed by atoms with Crippen LogP contribution < -0.4 is 5.32 Å². The standard InChI is InChI=1S/C14H13FN2O3S/c15-11-2-1-10-3-5-17(13(10)7-11)8-14(18)16-12-4-6-21(19,20)9-12/h1-7,12H,8-9H2,(H,16,18)/t12-/m0/s1. The van der Waals surface area contributed by atoms with E-state index >= 15 is 0 Å². The Morgan fingerprint density at radius 1 is 1.38 bits per heavy atom. The number of nitrogens with zero attached hydrogens (tertiary/aromatic N) is 1. The second-order valence-electron chi connectivity index (χ2n) is 4.98. The number of hydrogen-bond donors (Lipinski definition) is 1. The molecule has 0 fully saturated rings. The average molecular weight is 308 g/mol. The van der Waals surface area contributed by atoms with Crippen molar-refractivity contribution in [1.29, 1.82) is 0 Å². The third kappa shape index (κ3) is 2.97. The summed E-state index contributed by atoms with van der Waals surface area (Å²) in [7, 11) is -3.20. The smallest absolute Gasteiger partial charge is 0.240 e. The van der Waals surface area contributed by atoms with Crippen molar-refractivity contribution in [2.75, 3.05) is 5.75 Å². The van der Waals surface area contributed by atoms with Crippen molar-refractivity contribution >= 4 is 26.6 Å². The van der Waals surface area contributed by atoms with Crippen molar-refractivity contribution in [3.05, 3.63) is 47.8 Å². The van der Waals surface area contributed by atoms with E-state index in [0.29, 0.717) is 5.52 Å². The van der Waals surface area contributed by atoms with Crippen molar-refractivity contribution in [3.8, 4) is 0 Å².